The first-order valence-corrected chi connectivity index (χ1v) is 12.1. The molecule has 8 bridgehead atoms. The van der Waals surface area contributed by atoms with Crippen LogP contribution < -0.4 is 0 Å². The maximum Gasteiger partial charge on any atom is -0.0194 e. The molecule has 0 spiro atoms. The zero-order chi connectivity index (χ0) is 17.2. The first kappa shape index (κ1) is 17.3. The van der Waals surface area contributed by atoms with E-state index in [2.05, 4.69) is 38.2 Å². The molecule has 0 aromatic carbocycles. The van der Waals surface area contributed by atoms with Gasteiger partial charge in [-0.15, -0.1) is 0 Å². The van der Waals surface area contributed by atoms with Gasteiger partial charge in [-0.2, -0.15) is 0 Å². The van der Waals surface area contributed by atoms with Gasteiger partial charge in [-0.05, 0) is 121 Å². The van der Waals surface area contributed by atoms with E-state index >= 15 is 0 Å². The summed E-state index contributed by atoms with van der Waals surface area (Å²) < 4.78 is 0. The average Bonchev–Trinajstić information content (AvgIpc) is 3.45. The van der Waals surface area contributed by atoms with Gasteiger partial charge >= 0.3 is 0 Å². The Morgan fingerprint density at radius 2 is 0.852 bits per heavy atom. The Labute approximate surface area is 167 Å². The second-order valence-electron chi connectivity index (χ2n) is 12.0. The van der Waals surface area contributed by atoms with Crippen molar-refractivity contribution in [3.63, 3.8) is 0 Å². The normalized spacial score (nSPS) is 63.9. The molecular weight excluding hydrogens is 324 g/mol. The Kier molecular flexibility index (Phi) is 3.70. The number of allylic oxidation sites excluding steroid dienone is 4. The van der Waals surface area contributed by atoms with E-state index in [1.165, 1.54) is 12.8 Å². The van der Waals surface area contributed by atoms with Crippen LogP contribution in [0.5, 0.6) is 0 Å². The molecule has 8 aliphatic rings. The van der Waals surface area contributed by atoms with Gasteiger partial charge in [0.1, 0.15) is 0 Å². The fourth-order valence-electron chi connectivity index (χ4n) is 10.7. The molecule has 0 aromatic heterocycles. The van der Waals surface area contributed by atoms with E-state index in [1.54, 1.807) is 25.7 Å². The molecule has 0 N–H and O–H groups in total. The van der Waals surface area contributed by atoms with Gasteiger partial charge in [0, 0.05) is 0 Å². The van der Waals surface area contributed by atoms with Crippen LogP contribution in [-0.2, 0) is 0 Å². The maximum atomic E-state index is 2.54. The van der Waals surface area contributed by atoms with Gasteiger partial charge in [0.25, 0.3) is 0 Å². The Balaban J connectivity index is 0.000000104. The molecule has 0 heterocycles. The van der Waals surface area contributed by atoms with Crippen molar-refractivity contribution in [3.8, 4) is 0 Å². The van der Waals surface area contributed by atoms with Crippen molar-refractivity contribution in [1.29, 1.82) is 0 Å². The summed E-state index contributed by atoms with van der Waals surface area (Å²) in [4.78, 5) is 0. The highest BCUT2D eigenvalue weighted by molar-refractivity contribution is 5.21. The van der Waals surface area contributed by atoms with Crippen molar-refractivity contribution in [2.75, 3.05) is 0 Å². The number of fused-ring (bicyclic) bond motifs is 18. The third-order valence-electron chi connectivity index (χ3n) is 11.2. The number of hydrogen-bond acceptors (Lipinski definition) is 0. The second kappa shape index (κ2) is 5.76. The molecule has 14 atom stereocenters. The first-order valence-electron chi connectivity index (χ1n) is 12.1. The molecule has 0 heteroatoms. The number of hydrogen-bond donors (Lipinski definition) is 0. The molecule has 148 valence electrons. The predicted octanol–water partition coefficient (Wildman–Crippen LogP) is 6.84. The fraction of sp³-hybridized carbons (Fsp3) is 0.852. The maximum absolute atomic E-state index is 2.54. The summed E-state index contributed by atoms with van der Waals surface area (Å²) >= 11 is 0. The fourth-order valence-corrected chi connectivity index (χ4v) is 10.7. The van der Waals surface area contributed by atoms with Gasteiger partial charge in [-0.3, -0.25) is 0 Å². The van der Waals surface area contributed by atoms with E-state index in [9.17, 15) is 0 Å². The molecule has 14 unspecified atom stereocenters. The lowest BCUT2D eigenvalue weighted by atomic mass is 9.70. The molecule has 0 aliphatic heterocycles. The molecule has 0 radical (unpaired) electrons. The minimum absolute atomic E-state index is 0. The zero-order valence-electron chi connectivity index (χ0n) is 16.6. The lowest BCUT2D eigenvalue weighted by molar-refractivity contribution is 0.160. The molecule has 8 aliphatic carbocycles. The van der Waals surface area contributed by atoms with Gasteiger partial charge in [0.2, 0.25) is 0 Å². The summed E-state index contributed by atoms with van der Waals surface area (Å²) in [6, 6.07) is 0. The van der Waals surface area contributed by atoms with E-state index in [-0.39, 0.29) is 7.43 Å². The monoisotopic (exact) mass is 364 g/mol. The van der Waals surface area contributed by atoms with Gasteiger partial charge in [0.15, 0.2) is 0 Å². The average molecular weight is 365 g/mol. The molecule has 0 aromatic rings. The molecular formula is C27H40. The van der Waals surface area contributed by atoms with Crippen LogP contribution in [0.15, 0.2) is 24.3 Å². The molecule has 0 amide bonds. The highest BCUT2D eigenvalue weighted by atomic mass is 14.7. The Morgan fingerprint density at radius 1 is 0.481 bits per heavy atom. The molecule has 6 fully saturated rings. The Hall–Kier alpha value is -0.520. The standard InChI is InChI=1S/2C13H18.CH4/c2*1-7-4-10-6-11(7)13-9-3-2-8(5-9)12(10)13;/h2*2-3,7-13H,4-6H2,1H3;1H4. The predicted molar refractivity (Wildman–Crippen MR) is 113 cm³/mol. The molecule has 0 nitrogen and oxygen atoms in total. The summed E-state index contributed by atoms with van der Waals surface area (Å²) in [6.45, 7) is 4.99. The summed E-state index contributed by atoms with van der Waals surface area (Å²) in [6.07, 6.45) is 19.5. The Morgan fingerprint density at radius 3 is 1.26 bits per heavy atom. The van der Waals surface area contributed by atoms with Gasteiger partial charge in [-0.1, -0.05) is 45.6 Å². The van der Waals surface area contributed by atoms with E-state index in [4.69, 9.17) is 0 Å². The van der Waals surface area contributed by atoms with Crippen LogP contribution in [0, 0.1) is 82.9 Å². The van der Waals surface area contributed by atoms with Crippen molar-refractivity contribution in [2.45, 2.75) is 59.8 Å². The van der Waals surface area contributed by atoms with Crippen molar-refractivity contribution in [1.82, 2.24) is 0 Å². The van der Waals surface area contributed by atoms with Crippen LogP contribution in [0.25, 0.3) is 0 Å². The highest BCUT2D eigenvalue weighted by Crippen LogP contribution is 2.67. The van der Waals surface area contributed by atoms with Gasteiger partial charge in [0.05, 0.1) is 0 Å². The summed E-state index contributed by atoms with van der Waals surface area (Å²) in [5, 5.41) is 0. The second-order valence-corrected chi connectivity index (χ2v) is 12.0. The first-order chi connectivity index (χ1) is 12.7. The molecule has 27 heavy (non-hydrogen) atoms. The van der Waals surface area contributed by atoms with Crippen molar-refractivity contribution < 1.29 is 0 Å². The summed E-state index contributed by atoms with van der Waals surface area (Å²) in [5.74, 6) is 15.2. The topological polar surface area (TPSA) is 0 Å². The van der Waals surface area contributed by atoms with E-state index in [1.807, 2.05) is 0 Å². The van der Waals surface area contributed by atoms with Crippen LogP contribution in [-0.4, -0.2) is 0 Å². The van der Waals surface area contributed by atoms with Crippen LogP contribution >= 0.6 is 0 Å². The molecule has 6 saturated carbocycles. The van der Waals surface area contributed by atoms with E-state index in [0.29, 0.717) is 0 Å². The van der Waals surface area contributed by atoms with Crippen molar-refractivity contribution in [3.05, 3.63) is 24.3 Å². The van der Waals surface area contributed by atoms with Crippen molar-refractivity contribution >= 4 is 0 Å². The minimum Gasteiger partial charge on any atom is -0.0848 e. The summed E-state index contributed by atoms with van der Waals surface area (Å²) in [7, 11) is 0. The third-order valence-corrected chi connectivity index (χ3v) is 11.2. The van der Waals surface area contributed by atoms with Crippen LogP contribution in [0.1, 0.15) is 59.8 Å². The Bertz CT molecular complexity index is 614. The molecule has 0 saturated heterocycles. The SMILES string of the molecule is C.CC1CC2CC1C1C3C=CC(C3)C21.CC1CC2CC1C1C3C=CC(C3)C21. The smallest absolute Gasteiger partial charge is 0.0194 e. The van der Waals surface area contributed by atoms with Crippen molar-refractivity contribution in [2.24, 2.45) is 82.9 Å². The van der Waals surface area contributed by atoms with Crippen LogP contribution in [0.2, 0.25) is 0 Å². The van der Waals surface area contributed by atoms with E-state index < -0.39 is 0 Å². The highest BCUT2D eigenvalue weighted by Gasteiger charge is 2.60. The quantitative estimate of drug-likeness (QED) is 0.326. The van der Waals surface area contributed by atoms with Crippen LogP contribution in [0.4, 0.5) is 0 Å². The number of rotatable bonds is 0. The molecule has 8 rings (SSSR count). The lowest BCUT2D eigenvalue weighted by Gasteiger charge is -2.35. The van der Waals surface area contributed by atoms with Gasteiger partial charge in [-0.25, -0.2) is 0 Å². The van der Waals surface area contributed by atoms with E-state index in [0.717, 1.165) is 82.9 Å². The minimum atomic E-state index is 0. The summed E-state index contributed by atoms with van der Waals surface area (Å²) in [5.41, 5.74) is 0. The lowest BCUT2D eigenvalue weighted by Crippen LogP contribution is -2.29. The third kappa shape index (κ3) is 2.12. The zero-order valence-corrected chi connectivity index (χ0v) is 16.6. The van der Waals surface area contributed by atoms with Gasteiger partial charge < -0.3 is 0 Å². The largest absolute Gasteiger partial charge is 0.0848 e. The van der Waals surface area contributed by atoms with Crippen LogP contribution in [0.3, 0.4) is 0 Å².